The Kier molecular flexibility index (Phi) is 3.95. The molecule has 0 saturated carbocycles. The molecule has 21 heavy (non-hydrogen) atoms. The van der Waals surface area contributed by atoms with Gasteiger partial charge in [0.25, 0.3) is 10.0 Å². The number of nitrogens with two attached hydrogens (primary N) is 1. The van der Waals surface area contributed by atoms with Gasteiger partial charge >= 0.3 is 0 Å². The summed E-state index contributed by atoms with van der Waals surface area (Å²) in [5.41, 5.74) is 6.13. The lowest BCUT2D eigenvalue weighted by Gasteiger charge is -2.10. The Bertz CT molecular complexity index is 804. The Hall–Kier alpha value is -2.41. The van der Waals surface area contributed by atoms with E-state index in [4.69, 9.17) is 5.73 Å². The first-order valence-electron chi connectivity index (χ1n) is 5.98. The van der Waals surface area contributed by atoms with Gasteiger partial charge in [0.1, 0.15) is 10.7 Å². The molecule has 0 aromatic heterocycles. The molecule has 2 aromatic carbocycles. The molecule has 0 radical (unpaired) electrons. The summed E-state index contributed by atoms with van der Waals surface area (Å²) < 4.78 is 40.2. The molecule has 5 nitrogen and oxygen atoms in total. The lowest BCUT2D eigenvalue weighted by atomic mass is 10.1. The largest absolute Gasteiger partial charge is 0.399 e. The number of benzene rings is 2. The Morgan fingerprint density at radius 2 is 1.90 bits per heavy atom. The maximum atomic E-state index is 13.6. The van der Waals surface area contributed by atoms with Crippen LogP contribution in [0.15, 0.2) is 47.4 Å². The van der Waals surface area contributed by atoms with Crippen molar-refractivity contribution in [3.8, 4) is 0 Å². The third-order valence-corrected chi connectivity index (χ3v) is 4.16. The first kappa shape index (κ1) is 15.0. The lowest BCUT2D eigenvalue weighted by Crippen LogP contribution is -2.15. The van der Waals surface area contributed by atoms with E-state index in [1.54, 1.807) is 6.07 Å². The number of Topliss-reactive ketones (excluding diaryl/α,β-unsaturated/α-hetero) is 1. The van der Waals surface area contributed by atoms with E-state index in [1.165, 1.54) is 31.2 Å². The first-order valence-corrected chi connectivity index (χ1v) is 7.47. The number of carbonyl (C=O) groups is 1. The fourth-order valence-corrected chi connectivity index (χ4v) is 2.90. The van der Waals surface area contributed by atoms with Crippen molar-refractivity contribution < 1.29 is 17.6 Å². The van der Waals surface area contributed by atoms with Gasteiger partial charge < -0.3 is 5.73 Å². The van der Waals surface area contributed by atoms with Gasteiger partial charge in [0, 0.05) is 16.9 Å². The average molecular weight is 308 g/mol. The summed E-state index contributed by atoms with van der Waals surface area (Å²) >= 11 is 0. The molecule has 0 aliphatic rings. The quantitative estimate of drug-likeness (QED) is 0.670. The van der Waals surface area contributed by atoms with Crippen molar-refractivity contribution >= 4 is 27.2 Å². The van der Waals surface area contributed by atoms with Crippen molar-refractivity contribution in [1.82, 2.24) is 0 Å². The molecule has 7 heteroatoms. The standard InChI is InChI=1S/C14H13FN2O3S/c1-9(18)10-3-2-4-12(7-10)17-21(19,20)14-8-11(16)5-6-13(14)15/h2-8,17H,16H2,1H3. The zero-order valence-corrected chi connectivity index (χ0v) is 11.9. The van der Waals surface area contributed by atoms with Crippen LogP contribution in [-0.4, -0.2) is 14.2 Å². The minimum atomic E-state index is -4.13. The van der Waals surface area contributed by atoms with Gasteiger partial charge in [-0.1, -0.05) is 12.1 Å². The third kappa shape index (κ3) is 3.38. The summed E-state index contributed by atoms with van der Waals surface area (Å²) in [6, 6.07) is 9.22. The van der Waals surface area contributed by atoms with Crippen molar-refractivity contribution in [1.29, 1.82) is 0 Å². The number of hydrogen-bond donors (Lipinski definition) is 2. The van der Waals surface area contributed by atoms with E-state index in [2.05, 4.69) is 4.72 Å². The molecule has 2 aromatic rings. The summed E-state index contributed by atoms with van der Waals surface area (Å²) in [6.45, 7) is 1.37. The van der Waals surface area contributed by atoms with E-state index in [0.29, 0.717) is 5.56 Å². The Morgan fingerprint density at radius 1 is 1.19 bits per heavy atom. The van der Waals surface area contributed by atoms with Gasteiger partial charge in [-0.3, -0.25) is 9.52 Å². The SMILES string of the molecule is CC(=O)c1cccc(NS(=O)(=O)c2cc(N)ccc2F)c1. The topological polar surface area (TPSA) is 89.3 Å². The number of rotatable bonds is 4. The highest BCUT2D eigenvalue weighted by Crippen LogP contribution is 2.21. The first-order chi connectivity index (χ1) is 9.79. The molecule has 2 rings (SSSR count). The van der Waals surface area contributed by atoms with Crippen LogP contribution in [0.4, 0.5) is 15.8 Å². The van der Waals surface area contributed by atoms with Crippen molar-refractivity contribution in [3.05, 3.63) is 53.8 Å². The molecule has 0 bridgehead atoms. The molecule has 0 spiro atoms. The Morgan fingerprint density at radius 3 is 2.57 bits per heavy atom. The lowest BCUT2D eigenvalue weighted by molar-refractivity contribution is 0.101. The molecule has 0 atom stereocenters. The second-order valence-corrected chi connectivity index (χ2v) is 6.08. The molecule has 0 saturated heterocycles. The van der Waals surface area contributed by atoms with E-state index in [0.717, 1.165) is 12.1 Å². The van der Waals surface area contributed by atoms with E-state index >= 15 is 0 Å². The fraction of sp³-hybridized carbons (Fsp3) is 0.0714. The minimum absolute atomic E-state index is 0.134. The number of carbonyl (C=O) groups excluding carboxylic acids is 1. The summed E-state index contributed by atoms with van der Waals surface area (Å²) in [5, 5.41) is 0. The normalized spacial score (nSPS) is 11.1. The number of hydrogen-bond acceptors (Lipinski definition) is 4. The van der Waals surface area contributed by atoms with Crippen LogP contribution in [-0.2, 0) is 10.0 Å². The van der Waals surface area contributed by atoms with Crippen LogP contribution in [0, 0.1) is 5.82 Å². The van der Waals surface area contributed by atoms with Gasteiger partial charge in [-0.2, -0.15) is 0 Å². The zero-order valence-electron chi connectivity index (χ0n) is 11.1. The van der Waals surface area contributed by atoms with Crippen LogP contribution in [0.1, 0.15) is 17.3 Å². The second-order valence-electron chi connectivity index (χ2n) is 4.43. The van der Waals surface area contributed by atoms with E-state index in [-0.39, 0.29) is 17.2 Å². The number of sulfonamides is 1. The number of anilines is 2. The molecule has 0 amide bonds. The average Bonchev–Trinajstić information content (AvgIpc) is 2.41. The van der Waals surface area contributed by atoms with Gasteiger partial charge in [0.2, 0.25) is 0 Å². The Labute approximate surface area is 121 Å². The number of nitrogen functional groups attached to an aromatic ring is 1. The van der Waals surface area contributed by atoms with Gasteiger partial charge in [-0.05, 0) is 37.3 Å². The molecule has 110 valence electrons. The highest BCUT2D eigenvalue weighted by Gasteiger charge is 2.19. The number of nitrogens with one attached hydrogen (secondary N) is 1. The second kappa shape index (κ2) is 5.53. The summed E-state index contributed by atoms with van der Waals surface area (Å²) in [5.74, 6) is -1.11. The maximum absolute atomic E-state index is 13.6. The van der Waals surface area contributed by atoms with Crippen molar-refractivity contribution in [3.63, 3.8) is 0 Å². The monoisotopic (exact) mass is 308 g/mol. The highest BCUT2D eigenvalue weighted by molar-refractivity contribution is 7.92. The predicted molar refractivity (Wildman–Crippen MR) is 78.1 cm³/mol. The molecular formula is C14H13FN2O3S. The van der Waals surface area contributed by atoms with E-state index in [1.807, 2.05) is 0 Å². The molecule has 0 aliphatic carbocycles. The molecule has 0 aliphatic heterocycles. The number of halogens is 1. The molecule has 0 fully saturated rings. The molecular weight excluding hydrogens is 295 g/mol. The summed E-state index contributed by atoms with van der Waals surface area (Å²) in [7, 11) is -4.13. The van der Waals surface area contributed by atoms with Gasteiger partial charge in [-0.25, -0.2) is 12.8 Å². The van der Waals surface area contributed by atoms with Crippen LogP contribution < -0.4 is 10.5 Å². The third-order valence-electron chi connectivity index (χ3n) is 2.77. The van der Waals surface area contributed by atoms with Crippen molar-refractivity contribution in [2.75, 3.05) is 10.5 Å². The predicted octanol–water partition coefficient (Wildman–Crippen LogP) is 2.41. The van der Waals surface area contributed by atoms with Crippen molar-refractivity contribution in [2.45, 2.75) is 11.8 Å². The number of ketones is 1. The van der Waals surface area contributed by atoms with Crippen LogP contribution in [0.3, 0.4) is 0 Å². The van der Waals surface area contributed by atoms with Crippen molar-refractivity contribution in [2.24, 2.45) is 0 Å². The molecule has 3 N–H and O–H groups in total. The molecule has 0 unspecified atom stereocenters. The van der Waals surface area contributed by atoms with Crippen LogP contribution in [0.25, 0.3) is 0 Å². The highest BCUT2D eigenvalue weighted by atomic mass is 32.2. The minimum Gasteiger partial charge on any atom is -0.399 e. The zero-order chi connectivity index (χ0) is 15.6. The summed E-state index contributed by atoms with van der Waals surface area (Å²) in [6.07, 6.45) is 0. The van der Waals surface area contributed by atoms with Crippen LogP contribution in [0.2, 0.25) is 0 Å². The van der Waals surface area contributed by atoms with E-state index < -0.39 is 20.7 Å². The molecule has 0 heterocycles. The van der Waals surface area contributed by atoms with E-state index in [9.17, 15) is 17.6 Å². The van der Waals surface area contributed by atoms with Gasteiger partial charge in [0.15, 0.2) is 5.78 Å². The fourth-order valence-electron chi connectivity index (χ4n) is 1.74. The Balaban J connectivity index is 2.40. The van der Waals surface area contributed by atoms with Crippen LogP contribution >= 0.6 is 0 Å². The smallest absolute Gasteiger partial charge is 0.264 e. The maximum Gasteiger partial charge on any atom is 0.264 e. The summed E-state index contributed by atoms with van der Waals surface area (Å²) in [4.78, 5) is 10.7. The van der Waals surface area contributed by atoms with Crippen LogP contribution in [0.5, 0.6) is 0 Å². The van der Waals surface area contributed by atoms with Gasteiger partial charge in [0.05, 0.1) is 0 Å². The van der Waals surface area contributed by atoms with Gasteiger partial charge in [-0.15, -0.1) is 0 Å².